The van der Waals surface area contributed by atoms with Crippen molar-refractivity contribution >= 4 is 23.2 Å². The Hall–Kier alpha value is -4.58. The highest BCUT2D eigenvalue weighted by Gasteiger charge is 2.35. The number of carbonyl (C=O) groups excluding carboxylic acids is 2. The van der Waals surface area contributed by atoms with Crippen LogP contribution in [-0.4, -0.2) is 58.8 Å². The van der Waals surface area contributed by atoms with Crippen LogP contribution >= 0.6 is 0 Å². The van der Waals surface area contributed by atoms with Gasteiger partial charge in [-0.25, -0.2) is 0 Å². The second-order valence-electron chi connectivity index (χ2n) is 13.4. The zero-order valence-corrected chi connectivity index (χ0v) is 28.9. The monoisotopic (exact) mass is 692 g/mol. The van der Waals surface area contributed by atoms with E-state index in [-0.39, 0.29) is 56.1 Å². The van der Waals surface area contributed by atoms with Crippen LogP contribution < -0.4 is 16.4 Å². The lowest BCUT2D eigenvalue weighted by Crippen LogP contribution is -2.42. The summed E-state index contributed by atoms with van der Waals surface area (Å²) in [4.78, 5) is 27.2. The van der Waals surface area contributed by atoms with Crippen molar-refractivity contribution in [3.8, 4) is 11.1 Å². The number of aliphatic hydroxyl groups is 2. The predicted molar refractivity (Wildman–Crippen MR) is 197 cm³/mol. The van der Waals surface area contributed by atoms with Crippen LogP contribution in [0.25, 0.3) is 11.1 Å². The average Bonchev–Trinajstić information content (AvgIpc) is 3.62. The summed E-state index contributed by atoms with van der Waals surface area (Å²) in [6.45, 7) is 2.18. The van der Waals surface area contributed by atoms with Gasteiger partial charge in [-0.3, -0.25) is 14.5 Å². The Morgan fingerprint density at radius 3 is 2.37 bits per heavy atom. The topological polar surface area (TPSA) is 146 Å². The van der Waals surface area contributed by atoms with Gasteiger partial charge < -0.3 is 36.1 Å². The van der Waals surface area contributed by atoms with Crippen molar-refractivity contribution in [2.75, 3.05) is 30.7 Å². The first-order valence-electron chi connectivity index (χ1n) is 17.8. The molecule has 0 spiro atoms. The maximum Gasteiger partial charge on any atom is 0.224 e. The Labute approximate surface area is 299 Å². The first kappa shape index (κ1) is 36.2. The Kier molecular flexibility index (Phi) is 12.5. The van der Waals surface area contributed by atoms with Crippen LogP contribution in [0, 0.1) is 0 Å². The molecule has 10 heteroatoms. The summed E-state index contributed by atoms with van der Waals surface area (Å²) in [5, 5.41) is 25.3. The van der Waals surface area contributed by atoms with Gasteiger partial charge in [0.1, 0.15) is 0 Å². The first-order valence-corrected chi connectivity index (χ1v) is 17.8. The Morgan fingerprint density at radius 2 is 1.59 bits per heavy atom. The molecule has 0 aromatic heterocycles. The number of nitrogens with one attached hydrogen (secondary N) is 2. The molecule has 4 aromatic rings. The fourth-order valence-corrected chi connectivity index (χ4v) is 6.88. The SMILES string of the molecule is Nc1ccccc1NC(=O)CCCC(=O)NCc1cccc(-c2cccc([C@@H]3O[C@H](CN4CCC[C@H]4CO)C[C@H](c4ccc(CO)cc4)O3)c2)c1. The number of nitrogens with zero attached hydrogens (tertiary/aromatic N) is 1. The number of anilines is 2. The number of likely N-dealkylation sites (tertiary alicyclic amines) is 1. The van der Waals surface area contributed by atoms with E-state index in [0.29, 0.717) is 30.8 Å². The van der Waals surface area contributed by atoms with E-state index in [1.54, 1.807) is 24.3 Å². The zero-order valence-electron chi connectivity index (χ0n) is 28.9. The van der Waals surface area contributed by atoms with Crippen LogP contribution in [0.2, 0.25) is 0 Å². The molecule has 2 heterocycles. The summed E-state index contributed by atoms with van der Waals surface area (Å²) in [6, 6.07) is 31.4. The van der Waals surface area contributed by atoms with E-state index >= 15 is 0 Å². The maximum absolute atomic E-state index is 12.6. The third-order valence-electron chi connectivity index (χ3n) is 9.71. The molecule has 0 saturated carbocycles. The summed E-state index contributed by atoms with van der Waals surface area (Å²) in [7, 11) is 0. The van der Waals surface area contributed by atoms with Crippen LogP contribution in [-0.2, 0) is 32.2 Å². The molecule has 51 heavy (non-hydrogen) atoms. The average molecular weight is 693 g/mol. The van der Waals surface area contributed by atoms with Crippen LogP contribution in [0.1, 0.15) is 73.2 Å². The lowest BCUT2D eigenvalue weighted by Gasteiger charge is -2.38. The van der Waals surface area contributed by atoms with Crippen molar-refractivity contribution in [2.45, 2.75) is 76.2 Å². The van der Waals surface area contributed by atoms with Crippen LogP contribution in [0.5, 0.6) is 0 Å². The van der Waals surface area contributed by atoms with Gasteiger partial charge in [0.15, 0.2) is 6.29 Å². The molecule has 0 radical (unpaired) electrons. The van der Waals surface area contributed by atoms with Crippen molar-refractivity contribution in [1.82, 2.24) is 10.2 Å². The zero-order chi connectivity index (χ0) is 35.6. The van der Waals surface area contributed by atoms with Gasteiger partial charge in [-0.15, -0.1) is 0 Å². The van der Waals surface area contributed by atoms with E-state index in [9.17, 15) is 19.8 Å². The van der Waals surface area contributed by atoms with Gasteiger partial charge in [0, 0.05) is 44.0 Å². The number of aliphatic hydroxyl groups excluding tert-OH is 2. The molecule has 2 aliphatic rings. The summed E-state index contributed by atoms with van der Waals surface area (Å²) >= 11 is 0. The standard InChI is InChI=1S/C41H48N4O6/c42-36-12-1-2-13-37(36)44-40(49)15-5-14-39(48)43-24-29-7-3-8-31(21-29)32-9-4-10-33(22-32)41-50-35(25-45-20-6-11-34(45)27-47)23-38(51-41)30-18-16-28(26-46)17-19-30/h1-4,7-10,12-13,16-19,21-22,34-35,38,41,46-47H,5-6,11,14-15,20,23-27,42H2,(H,43,48)(H,44,49)/t34-,35-,38+,41+/m0/s1. The first-order chi connectivity index (χ1) is 24.9. The van der Waals surface area contributed by atoms with Gasteiger partial charge in [-0.05, 0) is 77.9 Å². The molecule has 2 saturated heterocycles. The normalized spacial score (nSPS) is 20.6. The fourth-order valence-electron chi connectivity index (χ4n) is 6.88. The van der Waals surface area contributed by atoms with Gasteiger partial charge in [0.2, 0.25) is 11.8 Å². The molecule has 6 rings (SSSR count). The highest BCUT2D eigenvalue weighted by molar-refractivity contribution is 5.94. The minimum absolute atomic E-state index is 0.00968. The molecule has 0 aliphatic carbocycles. The molecule has 4 aromatic carbocycles. The number of ether oxygens (including phenoxy) is 2. The van der Waals surface area contributed by atoms with Crippen molar-refractivity contribution in [2.24, 2.45) is 0 Å². The Morgan fingerprint density at radius 1 is 0.824 bits per heavy atom. The van der Waals surface area contributed by atoms with E-state index in [4.69, 9.17) is 15.2 Å². The molecule has 0 bridgehead atoms. The fraction of sp³-hybridized carbons (Fsp3) is 0.366. The van der Waals surface area contributed by atoms with E-state index in [1.165, 1.54) is 0 Å². The molecule has 268 valence electrons. The van der Waals surface area contributed by atoms with E-state index in [2.05, 4.69) is 33.7 Å². The number of hydrogen-bond acceptors (Lipinski definition) is 8. The van der Waals surface area contributed by atoms with E-state index in [0.717, 1.165) is 59.3 Å². The minimum Gasteiger partial charge on any atom is -0.397 e. The second-order valence-corrected chi connectivity index (χ2v) is 13.4. The van der Waals surface area contributed by atoms with Gasteiger partial charge in [0.05, 0.1) is 36.8 Å². The van der Waals surface area contributed by atoms with Gasteiger partial charge in [-0.1, -0.05) is 72.8 Å². The van der Waals surface area contributed by atoms with Crippen LogP contribution in [0.15, 0.2) is 97.1 Å². The van der Waals surface area contributed by atoms with Crippen molar-refractivity contribution < 1.29 is 29.3 Å². The predicted octanol–water partition coefficient (Wildman–Crippen LogP) is 5.86. The van der Waals surface area contributed by atoms with Crippen molar-refractivity contribution in [3.63, 3.8) is 0 Å². The number of nitrogens with two attached hydrogens (primary N) is 1. The highest BCUT2D eigenvalue weighted by Crippen LogP contribution is 2.39. The number of hydrogen-bond donors (Lipinski definition) is 5. The van der Waals surface area contributed by atoms with Crippen LogP contribution in [0.4, 0.5) is 11.4 Å². The third-order valence-corrected chi connectivity index (χ3v) is 9.71. The molecule has 2 aliphatic heterocycles. The van der Waals surface area contributed by atoms with Crippen LogP contribution in [0.3, 0.4) is 0 Å². The molecule has 2 amide bonds. The van der Waals surface area contributed by atoms with Crippen molar-refractivity contribution in [3.05, 3.63) is 119 Å². The quantitative estimate of drug-likeness (QED) is 0.103. The molecule has 0 unspecified atom stereocenters. The lowest BCUT2D eigenvalue weighted by molar-refractivity contribution is -0.253. The van der Waals surface area contributed by atoms with Gasteiger partial charge >= 0.3 is 0 Å². The molecular weight excluding hydrogens is 644 g/mol. The molecular formula is C41H48N4O6. The number of para-hydroxylation sites is 2. The number of benzene rings is 4. The van der Waals surface area contributed by atoms with E-state index < -0.39 is 6.29 Å². The summed E-state index contributed by atoms with van der Waals surface area (Å²) in [5.74, 6) is -0.292. The Bertz CT molecular complexity index is 1770. The van der Waals surface area contributed by atoms with E-state index in [1.807, 2.05) is 54.6 Å². The minimum atomic E-state index is -0.587. The largest absolute Gasteiger partial charge is 0.397 e. The lowest BCUT2D eigenvalue weighted by atomic mass is 9.98. The van der Waals surface area contributed by atoms with Gasteiger partial charge in [-0.2, -0.15) is 0 Å². The number of rotatable bonds is 14. The smallest absolute Gasteiger partial charge is 0.224 e. The summed E-state index contributed by atoms with van der Waals surface area (Å²) in [5.41, 5.74) is 12.7. The highest BCUT2D eigenvalue weighted by atomic mass is 16.7. The van der Waals surface area contributed by atoms with Crippen molar-refractivity contribution in [1.29, 1.82) is 0 Å². The summed E-state index contributed by atoms with van der Waals surface area (Å²) in [6.07, 6.45) is 2.77. The third kappa shape index (κ3) is 9.81. The number of nitrogen functional groups attached to an aromatic ring is 1. The Balaban J connectivity index is 1.08. The molecule has 6 N–H and O–H groups in total. The molecule has 2 fully saturated rings. The number of amides is 2. The summed E-state index contributed by atoms with van der Waals surface area (Å²) < 4.78 is 13.2. The maximum atomic E-state index is 12.6. The second kappa shape index (κ2) is 17.6. The number of carbonyl (C=O) groups is 2. The van der Waals surface area contributed by atoms with Gasteiger partial charge in [0.25, 0.3) is 0 Å². The molecule has 10 nitrogen and oxygen atoms in total. The molecule has 4 atom stereocenters.